The van der Waals surface area contributed by atoms with E-state index in [4.69, 9.17) is 5.73 Å². The third kappa shape index (κ3) is 3.16. The van der Waals surface area contributed by atoms with Crippen LogP contribution >= 0.6 is 0 Å². The summed E-state index contributed by atoms with van der Waals surface area (Å²) in [6, 6.07) is 1.92. The van der Waals surface area contributed by atoms with Crippen LogP contribution in [-0.2, 0) is 6.42 Å². The first kappa shape index (κ1) is 12.8. The van der Waals surface area contributed by atoms with Gasteiger partial charge in [-0.05, 0) is 18.4 Å². The van der Waals surface area contributed by atoms with Gasteiger partial charge in [-0.1, -0.05) is 13.8 Å². The summed E-state index contributed by atoms with van der Waals surface area (Å²) in [4.78, 5) is 20.1. The standard InChI is InChI=1S/C12H19N5O/c1-7(2)3-8-4-10(17-12(13)16-8)11(18)15-9-5-14-6-9/h4,7,9,14H,3,5-6H2,1-2H3,(H,15,18)(H2,13,16,17). The van der Waals surface area contributed by atoms with Crippen LogP contribution in [0.3, 0.4) is 0 Å². The van der Waals surface area contributed by atoms with Crippen molar-refractivity contribution in [2.45, 2.75) is 26.3 Å². The van der Waals surface area contributed by atoms with Gasteiger partial charge in [0.2, 0.25) is 5.95 Å². The van der Waals surface area contributed by atoms with Gasteiger partial charge in [-0.15, -0.1) is 0 Å². The number of amides is 1. The second kappa shape index (κ2) is 5.30. The first-order chi connectivity index (χ1) is 8.54. The molecule has 2 heterocycles. The Morgan fingerprint density at radius 2 is 2.28 bits per heavy atom. The molecule has 2 rings (SSSR count). The van der Waals surface area contributed by atoms with Gasteiger partial charge < -0.3 is 16.4 Å². The van der Waals surface area contributed by atoms with Crippen molar-refractivity contribution in [1.82, 2.24) is 20.6 Å². The third-order valence-corrected chi connectivity index (χ3v) is 2.76. The number of carbonyl (C=O) groups excluding carboxylic acids is 1. The molecule has 6 nitrogen and oxygen atoms in total. The van der Waals surface area contributed by atoms with E-state index in [0.29, 0.717) is 11.6 Å². The molecule has 0 spiro atoms. The zero-order chi connectivity index (χ0) is 13.1. The maximum atomic E-state index is 12.0. The van der Waals surface area contributed by atoms with Gasteiger partial charge in [-0.25, -0.2) is 9.97 Å². The molecular weight excluding hydrogens is 230 g/mol. The number of carbonyl (C=O) groups is 1. The van der Waals surface area contributed by atoms with Crippen molar-refractivity contribution in [3.63, 3.8) is 0 Å². The van der Waals surface area contributed by atoms with Gasteiger partial charge in [0.25, 0.3) is 5.91 Å². The molecule has 0 atom stereocenters. The SMILES string of the molecule is CC(C)Cc1cc(C(=O)NC2CNC2)nc(N)n1. The average molecular weight is 249 g/mol. The van der Waals surface area contributed by atoms with E-state index in [1.54, 1.807) is 6.07 Å². The van der Waals surface area contributed by atoms with Crippen LogP contribution in [0.5, 0.6) is 0 Å². The number of nitrogens with zero attached hydrogens (tertiary/aromatic N) is 2. The van der Waals surface area contributed by atoms with E-state index in [9.17, 15) is 4.79 Å². The molecule has 18 heavy (non-hydrogen) atoms. The van der Waals surface area contributed by atoms with Crippen molar-refractivity contribution in [2.75, 3.05) is 18.8 Å². The number of hydrogen-bond acceptors (Lipinski definition) is 5. The molecule has 1 aromatic heterocycles. The van der Waals surface area contributed by atoms with E-state index in [-0.39, 0.29) is 17.9 Å². The number of rotatable bonds is 4. The molecule has 1 amide bonds. The second-order valence-corrected chi connectivity index (χ2v) is 5.03. The molecule has 0 radical (unpaired) electrons. The molecule has 6 heteroatoms. The zero-order valence-corrected chi connectivity index (χ0v) is 10.7. The topological polar surface area (TPSA) is 92.9 Å². The lowest BCUT2D eigenvalue weighted by molar-refractivity contribution is 0.0918. The van der Waals surface area contributed by atoms with E-state index >= 15 is 0 Å². The van der Waals surface area contributed by atoms with Crippen molar-refractivity contribution in [3.8, 4) is 0 Å². The Bertz CT molecular complexity index is 442. The number of nitrogen functional groups attached to an aromatic ring is 1. The summed E-state index contributed by atoms with van der Waals surface area (Å²) in [5, 5.41) is 5.99. The first-order valence-electron chi connectivity index (χ1n) is 6.19. The zero-order valence-electron chi connectivity index (χ0n) is 10.7. The Labute approximate surface area is 106 Å². The predicted octanol–water partition coefficient (Wildman–Crippen LogP) is -0.0411. The molecule has 1 aliphatic rings. The van der Waals surface area contributed by atoms with Gasteiger partial charge in [0.05, 0.1) is 6.04 Å². The predicted molar refractivity (Wildman–Crippen MR) is 69.1 cm³/mol. The fraction of sp³-hybridized carbons (Fsp3) is 0.583. The monoisotopic (exact) mass is 249 g/mol. The average Bonchev–Trinajstić information content (AvgIpc) is 2.21. The molecule has 1 aliphatic heterocycles. The lowest BCUT2D eigenvalue weighted by Crippen LogP contribution is -2.57. The third-order valence-electron chi connectivity index (χ3n) is 2.76. The summed E-state index contributed by atoms with van der Waals surface area (Å²) in [5.41, 5.74) is 6.80. The minimum absolute atomic E-state index is 0.157. The van der Waals surface area contributed by atoms with Crippen molar-refractivity contribution in [3.05, 3.63) is 17.5 Å². The first-order valence-corrected chi connectivity index (χ1v) is 6.19. The number of aromatic nitrogens is 2. The minimum Gasteiger partial charge on any atom is -0.368 e. The number of nitrogens with one attached hydrogen (secondary N) is 2. The smallest absolute Gasteiger partial charge is 0.270 e. The fourth-order valence-corrected chi connectivity index (χ4v) is 1.81. The highest BCUT2D eigenvalue weighted by Gasteiger charge is 2.20. The normalized spacial score (nSPS) is 15.5. The summed E-state index contributed by atoms with van der Waals surface area (Å²) >= 11 is 0. The fourth-order valence-electron chi connectivity index (χ4n) is 1.81. The van der Waals surface area contributed by atoms with E-state index in [2.05, 4.69) is 34.4 Å². The van der Waals surface area contributed by atoms with Gasteiger partial charge in [0.15, 0.2) is 0 Å². The van der Waals surface area contributed by atoms with E-state index in [0.717, 1.165) is 25.2 Å². The Morgan fingerprint density at radius 3 is 2.83 bits per heavy atom. The van der Waals surface area contributed by atoms with Crippen LogP contribution in [0.25, 0.3) is 0 Å². The minimum atomic E-state index is -0.180. The van der Waals surface area contributed by atoms with Crippen molar-refractivity contribution < 1.29 is 4.79 Å². The number of hydrogen-bond donors (Lipinski definition) is 3. The Balaban J connectivity index is 2.10. The highest BCUT2D eigenvalue weighted by atomic mass is 16.2. The van der Waals surface area contributed by atoms with Gasteiger partial charge in [-0.3, -0.25) is 4.79 Å². The van der Waals surface area contributed by atoms with Crippen molar-refractivity contribution >= 4 is 11.9 Å². The molecule has 1 fully saturated rings. The molecule has 1 saturated heterocycles. The lowest BCUT2D eigenvalue weighted by atomic mass is 10.1. The molecule has 4 N–H and O–H groups in total. The Kier molecular flexibility index (Phi) is 3.76. The van der Waals surface area contributed by atoms with E-state index in [1.165, 1.54) is 0 Å². The highest BCUT2D eigenvalue weighted by Crippen LogP contribution is 2.09. The van der Waals surface area contributed by atoms with E-state index in [1.807, 2.05) is 0 Å². The highest BCUT2D eigenvalue weighted by molar-refractivity contribution is 5.92. The largest absolute Gasteiger partial charge is 0.368 e. The summed E-state index contributed by atoms with van der Waals surface area (Å²) in [5.74, 6) is 0.441. The van der Waals surface area contributed by atoms with Crippen LogP contribution in [-0.4, -0.2) is 35.0 Å². The summed E-state index contributed by atoms with van der Waals surface area (Å²) in [7, 11) is 0. The van der Waals surface area contributed by atoms with Crippen LogP contribution in [0.2, 0.25) is 0 Å². The van der Waals surface area contributed by atoms with Gasteiger partial charge in [0, 0.05) is 18.8 Å². The summed E-state index contributed by atoms with van der Waals surface area (Å²) in [6.07, 6.45) is 0.790. The quantitative estimate of drug-likeness (QED) is 0.696. The Morgan fingerprint density at radius 1 is 1.56 bits per heavy atom. The van der Waals surface area contributed by atoms with Gasteiger partial charge >= 0.3 is 0 Å². The molecule has 1 aromatic rings. The Hall–Kier alpha value is -1.69. The molecular formula is C12H19N5O. The van der Waals surface area contributed by atoms with Crippen LogP contribution in [0, 0.1) is 5.92 Å². The van der Waals surface area contributed by atoms with Crippen LogP contribution in [0.15, 0.2) is 6.07 Å². The summed E-state index contributed by atoms with van der Waals surface area (Å²) in [6.45, 7) is 5.81. The molecule has 98 valence electrons. The maximum absolute atomic E-state index is 12.0. The number of nitrogens with two attached hydrogens (primary N) is 1. The van der Waals surface area contributed by atoms with Crippen molar-refractivity contribution in [2.24, 2.45) is 5.92 Å². The maximum Gasteiger partial charge on any atom is 0.270 e. The van der Waals surface area contributed by atoms with E-state index < -0.39 is 0 Å². The molecule has 0 bridgehead atoms. The summed E-state index contributed by atoms with van der Waals surface area (Å²) < 4.78 is 0. The van der Waals surface area contributed by atoms with Crippen molar-refractivity contribution in [1.29, 1.82) is 0 Å². The number of anilines is 1. The second-order valence-electron chi connectivity index (χ2n) is 5.03. The van der Waals surface area contributed by atoms with Gasteiger partial charge in [0.1, 0.15) is 5.69 Å². The van der Waals surface area contributed by atoms with Gasteiger partial charge in [-0.2, -0.15) is 0 Å². The van der Waals surface area contributed by atoms with Crippen LogP contribution in [0.4, 0.5) is 5.95 Å². The van der Waals surface area contributed by atoms with Crippen LogP contribution in [0.1, 0.15) is 30.0 Å². The lowest BCUT2D eigenvalue weighted by Gasteiger charge is -2.27. The molecule has 0 aromatic carbocycles. The molecule has 0 saturated carbocycles. The molecule has 0 unspecified atom stereocenters. The molecule has 0 aliphatic carbocycles. The van der Waals surface area contributed by atoms with Crippen LogP contribution < -0.4 is 16.4 Å².